The van der Waals surface area contributed by atoms with Crippen molar-refractivity contribution >= 4 is 17.5 Å². The lowest BCUT2D eigenvalue weighted by molar-refractivity contribution is 0.0939. The fraction of sp³-hybridized carbons (Fsp3) is 0.133. The van der Waals surface area contributed by atoms with Gasteiger partial charge in [-0.3, -0.25) is 4.79 Å². The van der Waals surface area contributed by atoms with E-state index in [0.717, 1.165) is 23.8 Å². The average molecular weight is 296 g/mol. The fourth-order valence-electron chi connectivity index (χ4n) is 1.82. The highest BCUT2D eigenvalue weighted by Gasteiger charge is 2.13. The zero-order chi connectivity index (χ0) is 14.7. The second kappa shape index (κ2) is 6.01. The van der Waals surface area contributed by atoms with Crippen LogP contribution in [0.2, 0.25) is 5.02 Å². The Morgan fingerprint density at radius 3 is 2.40 bits per heavy atom. The number of hydrogen-bond donors (Lipinski definition) is 1. The fourth-order valence-corrected chi connectivity index (χ4v) is 2.02. The smallest absolute Gasteiger partial charge is 0.251 e. The first kappa shape index (κ1) is 14.5. The standard InChI is InChI=1S/C15H12ClF2NO/c1-9(10-3-2-4-12(16)5-10)19-15(20)11-6-13(17)8-14(18)7-11/h2-9H,1H3,(H,19,20)/t9-/m0/s1. The van der Waals surface area contributed by atoms with Crippen LogP contribution in [-0.4, -0.2) is 5.91 Å². The van der Waals surface area contributed by atoms with Crippen molar-refractivity contribution in [3.8, 4) is 0 Å². The summed E-state index contributed by atoms with van der Waals surface area (Å²) in [6, 6.07) is 9.39. The van der Waals surface area contributed by atoms with Gasteiger partial charge in [0.05, 0.1) is 6.04 Å². The maximum Gasteiger partial charge on any atom is 0.251 e. The molecule has 1 amide bonds. The van der Waals surface area contributed by atoms with Crippen molar-refractivity contribution in [3.63, 3.8) is 0 Å². The molecule has 0 aliphatic heterocycles. The largest absolute Gasteiger partial charge is 0.346 e. The minimum Gasteiger partial charge on any atom is -0.346 e. The Morgan fingerprint density at radius 2 is 1.80 bits per heavy atom. The molecule has 0 unspecified atom stereocenters. The molecule has 2 rings (SSSR count). The summed E-state index contributed by atoms with van der Waals surface area (Å²) < 4.78 is 26.1. The van der Waals surface area contributed by atoms with Gasteiger partial charge in [0.25, 0.3) is 5.91 Å². The SMILES string of the molecule is C[C@H](NC(=O)c1cc(F)cc(F)c1)c1cccc(Cl)c1. The van der Waals surface area contributed by atoms with Crippen LogP contribution in [0.15, 0.2) is 42.5 Å². The molecule has 0 aromatic heterocycles. The van der Waals surface area contributed by atoms with Crippen LogP contribution in [0.1, 0.15) is 28.9 Å². The Hall–Kier alpha value is -1.94. The van der Waals surface area contributed by atoms with Gasteiger partial charge in [0, 0.05) is 16.7 Å². The van der Waals surface area contributed by atoms with E-state index in [1.165, 1.54) is 0 Å². The molecule has 1 N–H and O–H groups in total. The van der Waals surface area contributed by atoms with Crippen molar-refractivity contribution in [2.24, 2.45) is 0 Å². The van der Waals surface area contributed by atoms with Gasteiger partial charge in [0.2, 0.25) is 0 Å². The van der Waals surface area contributed by atoms with Gasteiger partial charge in [-0.1, -0.05) is 23.7 Å². The summed E-state index contributed by atoms with van der Waals surface area (Å²) in [5.41, 5.74) is 0.749. The van der Waals surface area contributed by atoms with Crippen molar-refractivity contribution in [2.75, 3.05) is 0 Å². The first-order chi connectivity index (χ1) is 9.45. The Kier molecular flexibility index (Phi) is 4.35. The molecule has 2 nitrogen and oxygen atoms in total. The van der Waals surface area contributed by atoms with E-state index in [2.05, 4.69) is 5.32 Å². The molecule has 20 heavy (non-hydrogen) atoms. The molecular formula is C15H12ClF2NO. The van der Waals surface area contributed by atoms with Crippen molar-refractivity contribution in [3.05, 3.63) is 70.2 Å². The molecule has 104 valence electrons. The Balaban J connectivity index is 2.15. The quantitative estimate of drug-likeness (QED) is 0.907. The predicted molar refractivity (Wildman–Crippen MR) is 73.7 cm³/mol. The number of carbonyl (C=O) groups excluding carboxylic acids is 1. The highest BCUT2D eigenvalue weighted by atomic mass is 35.5. The number of carbonyl (C=O) groups is 1. The lowest BCUT2D eigenvalue weighted by Gasteiger charge is -2.14. The number of hydrogen-bond acceptors (Lipinski definition) is 1. The molecule has 0 saturated carbocycles. The van der Waals surface area contributed by atoms with E-state index in [1.807, 2.05) is 6.07 Å². The Labute approximate surface area is 120 Å². The van der Waals surface area contributed by atoms with Crippen LogP contribution in [0.3, 0.4) is 0 Å². The molecule has 0 heterocycles. The van der Waals surface area contributed by atoms with Gasteiger partial charge < -0.3 is 5.32 Å². The third-order valence-corrected chi connectivity index (χ3v) is 3.06. The summed E-state index contributed by atoms with van der Waals surface area (Å²) in [7, 11) is 0. The van der Waals surface area contributed by atoms with Gasteiger partial charge in [0.1, 0.15) is 11.6 Å². The van der Waals surface area contributed by atoms with Crippen molar-refractivity contribution in [1.29, 1.82) is 0 Å². The Morgan fingerprint density at radius 1 is 1.15 bits per heavy atom. The highest BCUT2D eigenvalue weighted by Crippen LogP contribution is 2.18. The third kappa shape index (κ3) is 3.54. The molecule has 1 atom stereocenters. The summed E-state index contributed by atoms with van der Waals surface area (Å²) in [6.07, 6.45) is 0. The maximum absolute atomic E-state index is 13.1. The van der Waals surface area contributed by atoms with Crippen LogP contribution in [0.4, 0.5) is 8.78 Å². The molecule has 0 aliphatic carbocycles. The van der Waals surface area contributed by atoms with Gasteiger partial charge in [0.15, 0.2) is 0 Å². The molecule has 0 aliphatic rings. The zero-order valence-electron chi connectivity index (χ0n) is 10.7. The summed E-state index contributed by atoms with van der Waals surface area (Å²) >= 11 is 5.87. The molecule has 5 heteroatoms. The van der Waals surface area contributed by atoms with Gasteiger partial charge >= 0.3 is 0 Å². The second-order valence-corrected chi connectivity index (χ2v) is 4.84. The second-order valence-electron chi connectivity index (χ2n) is 4.41. The molecule has 0 spiro atoms. The van der Waals surface area contributed by atoms with Gasteiger partial charge in [-0.05, 0) is 36.8 Å². The monoisotopic (exact) mass is 295 g/mol. The van der Waals surface area contributed by atoms with Crippen LogP contribution in [0.25, 0.3) is 0 Å². The van der Waals surface area contributed by atoms with E-state index in [0.29, 0.717) is 5.02 Å². The molecule has 2 aromatic rings. The van der Waals surface area contributed by atoms with Crippen LogP contribution in [0, 0.1) is 11.6 Å². The van der Waals surface area contributed by atoms with E-state index >= 15 is 0 Å². The number of halogens is 3. The molecule has 0 bridgehead atoms. The first-order valence-corrected chi connectivity index (χ1v) is 6.36. The Bertz CT molecular complexity index is 625. The van der Waals surface area contributed by atoms with E-state index in [-0.39, 0.29) is 11.6 Å². The van der Waals surface area contributed by atoms with E-state index < -0.39 is 17.5 Å². The highest BCUT2D eigenvalue weighted by molar-refractivity contribution is 6.30. The first-order valence-electron chi connectivity index (χ1n) is 5.98. The average Bonchev–Trinajstić information content (AvgIpc) is 2.37. The molecular weight excluding hydrogens is 284 g/mol. The number of amides is 1. The van der Waals surface area contributed by atoms with Crippen molar-refractivity contribution in [1.82, 2.24) is 5.32 Å². The van der Waals surface area contributed by atoms with Crippen molar-refractivity contribution < 1.29 is 13.6 Å². The molecule has 2 aromatic carbocycles. The molecule has 0 radical (unpaired) electrons. The summed E-state index contributed by atoms with van der Waals surface area (Å²) in [5, 5.41) is 3.22. The van der Waals surface area contributed by atoms with Crippen LogP contribution in [-0.2, 0) is 0 Å². The number of nitrogens with one attached hydrogen (secondary N) is 1. The van der Waals surface area contributed by atoms with E-state index in [4.69, 9.17) is 11.6 Å². The maximum atomic E-state index is 13.1. The number of rotatable bonds is 3. The van der Waals surface area contributed by atoms with Crippen LogP contribution in [0.5, 0.6) is 0 Å². The van der Waals surface area contributed by atoms with E-state index in [1.54, 1.807) is 25.1 Å². The minimum absolute atomic E-state index is 0.0589. The van der Waals surface area contributed by atoms with Gasteiger partial charge in [-0.25, -0.2) is 8.78 Å². The van der Waals surface area contributed by atoms with Crippen LogP contribution < -0.4 is 5.32 Å². The predicted octanol–water partition coefficient (Wildman–Crippen LogP) is 4.11. The molecule has 0 saturated heterocycles. The minimum atomic E-state index is -0.787. The number of benzene rings is 2. The lowest BCUT2D eigenvalue weighted by Crippen LogP contribution is -2.26. The normalized spacial score (nSPS) is 12.0. The van der Waals surface area contributed by atoms with E-state index in [9.17, 15) is 13.6 Å². The topological polar surface area (TPSA) is 29.1 Å². The van der Waals surface area contributed by atoms with Gasteiger partial charge in [-0.2, -0.15) is 0 Å². The van der Waals surface area contributed by atoms with Crippen molar-refractivity contribution in [2.45, 2.75) is 13.0 Å². The summed E-state index contributed by atoms with van der Waals surface area (Å²) in [5.74, 6) is -2.12. The summed E-state index contributed by atoms with van der Waals surface area (Å²) in [4.78, 5) is 11.9. The summed E-state index contributed by atoms with van der Waals surface area (Å²) in [6.45, 7) is 1.76. The lowest BCUT2D eigenvalue weighted by atomic mass is 10.1. The van der Waals surface area contributed by atoms with Gasteiger partial charge in [-0.15, -0.1) is 0 Å². The third-order valence-electron chi connectivity index (χ3n) is 2.82. The zero-order valence-corrected chi connectivity index (χ0v) is 11.4. The van der Waals surface area contributed by atoms with Crippen LogP contribution >= 0.6 is 11.6 Å². The molecule has 0 fully saturated rings.